The molecule has 1 atom stereocenters. The first-order valence-electron chi connectivity index (χ1n) is 6.45. The Morgan fingerprint density at radius 2 is 2.17 bits per heavy atom. The van der Waals surface area contributed by atoms with Crippen LogP contribution in [-0.2, 0) is 0 Å². The number of hydrogen-bond donors (Lipinski definition) is 2. The van der Waals surface area contributed by atoms with E-state index in [9.17, 15) is 4.79 Å². The van der Waals surface area contributed by atoms with E-state index in [1.54, 1.807) is 18.2 Å². The molecule has 1 unspecified atom stereocenters. The minimum absolute atomic E-state index is 0.302. The quantitative estimate of drug-likeness (QED) is 0.789. The fourth-order valence-corrected chi connectivity index (χ4v) is 2.45. The van der Waals surface area contributed by atoms with Gasteiger partial charge < -0.3 is 15.7 Å². The van der Waals surface area contributed by atoms with Gasteiger partial charge in [0.15, 0.2) is 0 Å². The van der Waals surface area contributed by atoms with Gasteiger partial charge in [-0.1, -0.05) is 6.92 Å². The van der Waals surface area contributed by atoms with Gasteiger partial charge >= 0.3 is 5.97 Å². The van der Waals surface area contributed by atoms with Crippen LogP contribution in [0.2, 0.25) is 0 Å². The van der Waals surface area contributed by atoms with Crippen molar-refractivity contribution in [3.63, 3.8) is 0 Å². The molecule has 2 rings (SSSR count). The molecule has 3 N–H and O–H groups in total. The average molecular weight is 248 g/mol. The van der Waals surface area contributed by atoms with E-state index in [2.05, 4.69) is 11.8 Å². The van der Waals surface area contributed by atoms with Crippen molar-refractivity contribution in [2.75, 3.05) is 23.7 Å². The zero-order valence-electron chi connectivity index (χ0n) is 10.7. The Kier molecular flexibility index (Phi) is 3.75. The topological polar surface area (TPSA) is 66.6 Å². The maximum absolute atomic E-state index is 11.0. The summed E-state index contributed by atoms with van der Waals surface area (Å²) in [6, 6.07) is 4.93. The van der Waals surface area contributed by atoms with Crippen LogP contribution in [0.5, 0.6) is 0 Å². The molecule has 1 aromatic carbocycles. The van der Waals surface area contributed by atoms with E-state index in [4.69, 9.17) is 10.8 Å². The molecule has 0 amide bonds. The SMILES string of the molecule is CC1CCCN(c2cc(C(=O)O)ccc2N)CC1. The maximum atomic E-state index is 11.0. The van der Waals surface area contributed by atoms with Crippen molar-refractivity contribution in [1.82, 2.24) is 0 Å². The molecule has 0 saturated carbocycles. The summed E-state index contributed by atoms with van der Waals surface area (Å²) in [6.07, 6.45) is 3.50. The van der Waals surface area contributed by atoms with Crippen LogP contribution in [-0.4, -0.2) is 24.2 Å². The van der Waals surface area contributed by atoms with Gasteiger partial charge in [-0.05, 0) is 43.4 Å². The number of nitrogens with zero attached hydrogens (tertiary/aromatic N) is 1. The van der Waals surface area contributed by atoms with E-state index in [-0.39, 0.29) is 0 Å². The van der Waals surface area contributed by atoms with Gasteiger partial charge in [-0.3, -0.25) is 0 Å². The standard InChI is InChI=1S/C14H20N2O2/c1-10-3-2-7-16(8-6-10)13-9-11(14(17)18)4-5-12(13)15/h4-5,9-10H,2-3,6-8,15H2,1H3,(H,17,18). The molecule has 0 spiro atoms. The lowest BCUT2D eigenvalue weighted by Crippen LogP contribution is -2.25. The molecule has 1 heterocycles. The van der Waals surface area contributed by atoms with Crippen molar-refractivity contribution in [2.24, 2.45) is 5.92 Å². The summed E-state index contributed by atoms with van der Waals surface area (Å²) in [5.74, 6) is -0.168. The monoisotopic (exact) mass is 248 g/mol. The Bertz CT molecular complexity index is 445. The van der Waals surface area contributed by atoms with E-state index in [0.717, 1.165) is 37.5 Å². The Hall–Kier alpha value is -1.71. The van der Waals surface area contributed by atoms with Gasteiger partial charge in [0.05, 0.1) is 16.9 Å². The second kappa shape index (κ2) is 5.29. The Balaban J connectivity index is 2.25. The number of benzene rings is 1. The van der Waals surface area contributed by atoms with Gasteiger partial charge in [0, 0.05) is 13.1 Å². The minimum atomic E-state index is -0.903. The number of carbonyl (C=O) groups is 1. The number of rotatable bonds is 2. The Labute approximate surface area is 107 Å². The van der Waals surface area contributed by atoms with Gasteiger partial charge in [0.25, 0.3) is 0 Å². The van der Waals surface area contributed by atoms with E-state index < -0.39 is 5.97 Å². The molecule has 0 bridgehead atoms. The van der Waals surface area contributed by atoms with Crippen LogP contribution in [0.25, 0.3) is 0 Å². The first-order chi connectivity index (χ1) is 8.58. The van der Waals surface area contributed by atoms with Crippen molar-refractivity contribution in [3.8, 4) is 0 Å². The summed E-state index contributed by atoms with van der Waals surface area (Å²) in [5.41, 5.74) is 7.80. The van der Waals surface area contributed by atoms with Crippen molar-refractivity contribution in [1.29, 1.82) is 0 Å². The van der Waals surface area contributed by atoms with E-state index in [1.807, 2.05) is 0 Å². The van der Waals surface area contributed by atoms with Crippen molar-refractivity contribution < 1.29 is 9.90 Å². The molecule has 1 fully saturated rings. The Morgan fingerprint density at radius 1 is 1.39 bits per heavy atom. The predicted molar refractivity (Wildman–Crippen MR) is 73.0 cm³/mol. The first-order valence-corrected chi connectivity index (χ1v) is 6.45. The zero-order valence-corrected chi connectivity index (χ0v) is 10.7. The third kappa shape index (κ3) is 2.75. The number of nitrogen functional groups attached to an aromatic ring is 1. The van der Waals surface area contributed by atoms with Crippen LogP contribution in [0.4, 0.5) is 11.4 Å². The molecule has 0 aromatic heterocycles. The lowest BCUT2D eigenvalue weighted by molar-refractivity contribution is 0.0697. The lowest BCUT2D eigenvalue weighted by Gasteiger charge is -2.24. The maximum Gasteiger partial charge on any atom is 0.335 e. The largest absolute Gasteiger partial charge is 0.478 e. The molecule has 1 aromatic rings. The Morgan fingerprint density at radius 3 is 2.89 bits per heavy atom. The minimum Gasteiger partial charge on any atom is -0.478 e. The summed E-state index contributed by atoms with van der Waals surface area (Å²) >= 11 is 0. The van der Waals surface area contributed by atoms with Crippen molar-refractivity contribution >= 4 is 17.3 Å². The number of carboxylic acid groups (broad SMARTS) is 1. The zero-order chi connectivity index (χ0) is 13.1. The van der Waals surface area contributed by atoms with E-state index >= 15 is 0 Å². The van der Waals surface area contributed by atoms with Gasteiger partial charge in [-0.2, -0.15) is 0 Å². The summed E-state index contributed by atoms with van der Waals surface area (Å²) in [6.45, 7) is 4.17. The summed E-state index contributed by atoms with van der Waals surface area (Å²) in [7, 11) is 0. The number of hydrogen-bond acceptors (Lipinski definition) is 3. The highest BCUT2D eigenvalue weighted by atomic mass is 16.4. The normalized spacial score (nSPS) is 20.5. The highest BCUT2D eigenvalue weighted by Gasteiger charge is 2.17. The van der Waals surface area contributed by atoms with Gasteiger partial charge in [-0.25, -0.2) is 4.79 Å². The molecule has 1 saturated heterocycles. The number of anilines is 2. The van der Waals surface area contributed by atoms with Crippen molar-refractivity contribution in [3.05, 3.63) is 23.8 Å². The fourth-order valence-electron chi connectivity index (χ4n) is 2.45. The molecular weight excluding hydrogens is 228 g/mol. The third-order valence-corrected chi connectivity index (χ3v) is 3.63. The highest BCUT2D eigenvalue weighted by molar-refractivity contribution is 5.90. The molecule has 18 heavy (non-hydrogen) atoms. The summed E-state index contributed by atoms with van der Waals surface area (Å²) in [5, 5.41) is 9.04. The molecular formula is C14H20N2O2. The van der Waals surface area contributed by atoms with E-state index in [0.29, 0.717) is 11.3 Å². The first kappa shape index (κ1) is 12.7. The molecule has 1 aliphatic rings. The second-order valence-corrected chi connectivity index (χ2v) is 5.10. The molecule has 0 radical (unpaired) electrons. The molecule has 98 valence electrons. The van der Waals surface area contributed by atoms with Crippen LogP contribution in [0.15, 0.2) is 18.2 Å². The number of nitrogens with two attached hydrogens (primary N) is 1. The van der Waals surface area contributed by atoms with Gasteiger partial charge in [0.1, 0.15) is 0 Å². The molecule has 4 nitrogen and oxygen atoms in total. The van der Waals surface area contributed by atoms with Crippen LogP contribution < -0.4 is 10.6 Å². The lowest BCUT2D eigenvalue weighted by atomic mass is 10.0. The van der Waals surface area contributed by atoms with Crippen LogP contribution >= 0.6 is 0 Å². The molecule has 4 heteroatoms. The smallest absolute Gasteiger partial charge is 0.335 e. The second-order valence-electron chi connectivity index (χ2n) is 5.10. The molecule has 1 aliphatic heterocycles. The fraction of sp³-hybridized carbons (Fsp3) is 0.500. The number of carboxylic acids is 1. The van der Waals surface area contributed by atoms with Crippen molar-refractivity contribution in [2.45, 2.75) is 26.2 Å². The van der Waals surface area contributed by atoms with Crippen LogP contribution in [0.3, 0.4) is 0 Å². The van der Waals surface area contributed by atoms with Gasteiger partial charge in [-0.15, -0.1) is 0 Å². The van der Waals surface area contributed by atoms with E-state index in [1.165, 1.54) is 6.42 Å². The summed E-state index contributed by atoms with van der Waals surface area (Å²) < 4.78 is 0. The predicted octanol–water partition coefficient (Wildman–Crippen LogP) is 2.59. The summed E-state index contributed by atoms with van der Waals surface area (Å²) in [4.78, 5) is 13.2. The average Bonchev–Trinajstić information content (AvgIpc) is 2.54. The van der Waals surface area contributed by atoms with Gasteiger partial charge in [0.2, 0.25) is 0 Å². The van der Waals surface area contributed by atoms with Crippen LogP contribution in [0, 0.1) is 5.92 Å². The van der Waals surface area contributed by atoms with Crippen LogP contribution in [0.1, 0.15) is 36.5 Å². The third-order valence-electron chi connectivity index (χ3n) is 3.63. The molecule has 0 aliphatic carbocycles. The highest BCUT2D eigenvalue weighted by Crippen LogP contribution is 2.28. The number of aromatic carboxylic acids is 1.